The number of thioether (sulfide) groups is 1. The molecule has 0 aromatic heterocycles. The van der Waals surface area contributed by atoms with Crippen molar-refractivity contribution in [1.82, 2.24) is 5.32 Å². The maximum absolute atomic E-state index is 10.8. The Kier molecular flexibility index (Phi) is 5.66. The second kappa shape index (κ2) is 6.78. The van der Waals surface area contributed by atoms with Gasteiger partial charge in [-0.25, -0.2) is 4.79 Å². The number of carbonyl (C=O) groups excluding carboxylic acids is 2. The molecule has 1 heterocycles. The lowest BCUT2D eigenvalue weighted by molar-refractivity contribution is -0.117. The highest BCUT2D eigenvalue weighted by Gasteiger charge is 2.27. The minimum atomic E-state index is -0.429. The Balaban J connectivity index is 2.19. The first kappa shape index (κ1) is 13.4. The minimum absolute atomic E-state index is 0.222. The van der Waals surface area contributed by atoms with Crippen LogP contribution in [0.1, 0.15) is 39.0 Å². The molecule has 5 heteroatoms. The molecule has 0 bridgehead atoms. The van der Waals surface area contributed by atoms with Crippen LogP contribution in [0.5, 0.6) is 0 Å². The van der Waals surface area contributed by atoms with Gasteiger partial charge >= 0.3 is 6.03 Å². The highest BCUT2D eigenvalue weighted by Crippen LogP contribution is 2.30. The van der Waals surface area contributed by atoms with Gasteiger partial charge in [0.25, 0.3) is 0 Å². The van der Waals surface area contributed by atoms with Gasteiger partial charge in [-0.3, -0.25) is 0 Å². The number of hydrogen-bond donors (Lipinski definition) is 2. The van der Waals surface area contributed by atoms with Crippen LogP contribution in [0, 0.1) is 0 Å². The number of hydrogen-bond acceptors (Lipinski definition) is 3. The first-order valence-corrected chi connectivity index (χ1v) is 6.81. The van der Waals surface area contributed by atoms with Crippen LogP contribution in [0.4, 0.5) is 4.79 Å². The van der Waals surface area contributed by atoms with Crippen LogP contribution in [0.3, 0.4) is 0 Å². The monoisotopic (exact) mass is 244 g/mol. The van der Waals surface area contributed by atoms with Gasteiger partial charge in [0.15, 0.2) is 0 Å². The summed E-state index contributed by atoms with van der Waals surface area (Å²) in [7, 11) is 0. The van der Waals surface area contributed by atoms with E-state index in [0.717, 1.165) is 31.4 Å². The van der Waals surface area contributed by atoms with Crippen molar-refractivity contribution in [3.63, 3.8) is 0 Å². The summed E-state index contributed by atoms with van der Waals surface area (Å²) in [6, 6.07) is -0.207. The fourth-order valence-corrected chi connectivity index (χ4v) is 3.46. The summed E-state index contributed by atoms with van der Waals surface area (Å²) in [5.74, 6) is 1.34. The molecule has 4 nitrogen and oxygen atoms in total. The van der Waals surface area contributed by atoms with E-state index in [4.69, 9.17) is 5.73 Å². The summed E-state index contributed by atoms with van der Waals surface area (Å²) in [5.41, 5.74) is 5.13. The van der Waals surface area contributed by atoms with Crippen LogP contribution in [0.25, 0.3) is 0 Å². The Labute approximate surface area is 101 Å². The molecule has 0 aliphatic carbocycles. The van der Waals surface area contributed by atoms with Gasteiger partial charge in [-0.1, -0.05) is 6.42 Å². The summed E-state index contributed by atoms with van der Waals surface area (Å²) < 4.78 is 0. The summed E-state index contributed by atoms with van der Waals surface area (Å²) in [6.07, 6.45) is 4.74. The molecule has 1 aliphatic rings. The lowest BCUT2D eigenvalue weighted by atomic mass is 10.0. The predicted molar refractivity (Wildman–Crippen MR) is 66.5 cm³/mol. The Hall–Kier alpha value is -0.710. The van der Waals surface area contributed by atoms with E-state index >= 15 is 0 Å². The van der Waals surface area contributed by atoms with Gasteiger partial charge in [-0.15, -0.1) is 0 Å². The van der Waals surface area contributed by atoms with Crippen molar-refractivity contribution in [2.75, 3.05) is 5.75 Å². The summed E-state index contributed by atoms with van der Waals surface area (Å²) in [5, 5.41) is 3.26. The lowest BCUT2D eigenvalue weighted by Crippen LogP contribution is -2.42. The molecule has 0 aromatic rings. The van der Waals surface area contributed by atoms with Crippen LogP contribution in [0.15, 0.2) is 0 Å². The van der Waals surface area contributed by atoms with Gasteiger partial charge in [-0.05, 0) is 31.9 Å². The van der Waals surface area contributed by atoms with Crippen LogP contribution >= 0.6 is 11.8 Å². The zero-order valence-corrected chi connectivity index (χ0v) is 10.5. The third-order valence-electron chi connectivity index (χ3n) is 2.80. The molecule has 3 N–H and O–H groups in total. The van der Waals surface area contributed by atoms with Crippen LogP contribution in [-0.4, -0.2) is 28.9 Å². The Bertz CT molecular complexity index is 258. The number of primary amides is 1. The topological polar surface area (TPSA) is 72.2 Å². The number of rotatable bonds is 6. The molecular weight excluding hydrogens is 224 g/mol. The number of Topliss-reactive ketones (excluding diaryl/α,β-unsaturated/α-hetero) is 1. The minimum Gasteiger partial charge on any atom is -0.352 e. The van der Waals surface area contributed by atoms with Crippen molar-refractivity contribution in [1.29, 1.82) is 0 Å². The highest BCUT2D eigenvalue weighted by atomic mass is 32.2. The normalized spacial score (nSPS) is 24.3. The number of nitrogens with two attached hydrogens (primary N) is 1. The van der Waals surface area contributed by atoms with Crippen LogP contribution in [0.2, 0.25) is 0 Å². The van der Waals surface area contributed by atoms with Crippen molar-refractivity contribution in [2.24, 2.45) is 5.73 Å². The van der Waals surface area contributed by atoms with E-state index in [1.165, 1.54) is 0 Å². The molecule has 92 valence electrons. The molecule has 2 unspecified atom stereocenters. The predicted octanol–water partition coefficient (Wildman–Crippen LogP) is 1.68. The third-order valence-corrected chi connectivity index (χ3v) is 4.27. The molecule has 2 atom stereocenters. The van der Waals surface area contributed by atoms with Gasteiger partial charge in [0.1, 0.15) is 5.78 Å². The third kappa shape index (κ3) is 4.88. The highest BCUT2D eigenvalue weighted by molar-refractivity contribution is 8.00. The number of nitrogens with one attached hydrogen (secondary N) is 1. The van der Waals surface area contributed by atoms with Crippen molar-refractivity contribution in [2.45, 2.75) is 50.3 Å². The SMILES string of the molecule is CC(=O)CCCCC1SCCC1NC(N)=O. The Morgan fingerprint density at radius 3 is 2.81 bits per heavy atom. The molecule has 2 amide bonds. The van der Waals surface area contributed by atoms with Crippen molar-refractivity contribution < 1.29 is 9.59 Å². The lowest BCUT2D eigenvalue weighted by Gasteiger charge is -2.18. The Morgan fingerprint density at radius 2 is 2.19 bits per heavy atom. The Morgan fingerprint density at radius 1 is 1.44 bits per heavy atom. The number of unbranched alkanes of at least 4 members (excludes halogenated alkanes) is 1. The first-order valence-electron chi connectivity index (χ1n) is 5.76. The molecule has 0 saturated carbocycles. The first-order chi connectivity index (χ1) is 7.59. The molecule has 1 aliphatic heterocycles. The standard InChI is InChI=1S/C11H20N2O2S/c1-8(14)4-2-3-5-10-9(6-7-16-10)13-11(12)15/h9-10H,2-7H2,1H3,(H3,12,13,15). The van der Waals surface area contributed by atoms with E-state index in [2.05, 4.69) is 5.32 Å². The summed E-state index contributed by atoms with van der Waals surface area (Å²) in [6.45, 7) is 1.63. The molecule has 0 radical (unpaired) electrons. The second-order valence-electron chi connectivity index (χ2n) is 4.26. The fourth-order valence-electron chi connectivity index (χ4n) is 2.00. The average molecular weight is 244 g/mol. The zero-order valence-electron chi connectivity index (χ0n) is 9.70. The molecule has 16 heavy (non-hydrogen) atoms. The van der Waals surface area contributed by atoms with Crippen LogP contribution < -0.4 is 11.1 Å². The smallest absolute Gasteiger partial charge is 0.312 e. The molecule has 0 spiro atoms. The largest absolute Gasteiger partial charge is 0.352 e. The average Bonchev–Trinajstić information content (AvgIpc) is 2.59. The van der Waals surface area contributed by atoms with Gasteiger partial charge in [0.05, 0.1) is 0 Å². The molecule has 1 fully saturated rings. The van der Waals surface area contributed by atoms with E-state index in [-0.39, 0.29) is 11.8 Å². The summed E-state index contributed by atoms with van der Waals surface area (Å²) >= 11 is 1.90. The summed E-state index contributed by atoms with van der Waals surface area (Å²) in [4.78, 5) is 21.5. The second-order valence-corrected chi connectivity index (χ2v) is 5.61. The quantitative estimate of drug-likeness (QED) is 0.698. The molecule has 1 rings (SSSR count). The van der Waals surface area contributed by atoms with Crippen molar-refractivity contribution in [3.05, 3.63) is 0 Å². The van der Waals surface area contributed by atoms with E-state index in [9.17, 15) is 9.59 Å². The number of carbonyl (C=O) groups is 2. The van der Waals surface area contributed by atoms with Gasteiger partial charge in [-0.2, -0.15) is 11.8 Å². The fraction of sp³-hybridized carbons (Fsp3) is 0.818. The van der Waals surface area contributed by atoms with Crippen LogP contribution in [-0.2, 0) is 4.79 Å². The van der Waals surface area contributed by atoms with E-state index in [1.54, 1.807) is 6.92 Å². The maximum Gasteiger partial charge on any atom is 0.312 e. The number of amides is 2. The number of urea groups is 1. The molecule has 0 aromatic carbocycles. The zero-order chi connectivity index (χ0) is 12.0. The van der Waals surface area contributed by atoms with Crippen molar-refractivity contribution >= 4 is 23.6 Å². The van der Waals surface area contributed by atoms with E-state index in [1.807, 2.05) is 11.8 Å². The van der Waals surface area contributed by atoms with E-state index < -0.39 is 6.03 Å². The van der Waals surface area contributed by atoms with Gasteiger partial charge < -0.3 is 15.8 Å². The molecular formula is C11H20N2O2S. The van der Waals surface area contributed by atoms with Gasteiger partial charge in [0.2, 0.25) is 0 Å². The van der Waals surface area contributed by atoms with E-state index in [0.29, 0.717) is 11.7 Å². The maximum atomic E-state index is 10.8. The van der Waals surface area contributed by atoms with Crippen molar-refractivity contribution in [3.8, 4) is 0 Å². The molecule has 1 saturated heterocycles. The number of ketones is 1. The van der Waals surface area contributed by atoms with Gasteiger partial charge in [0, 0.05) is 17.7 Å².